The number of hydrogen-bond donors (Lipinski definition) is 0. The Balaban J connectivity index is 2.16. The number of benzene rings is 2. The number of ketones is 1. The molecule has 112 valence electrons. The highest BCUT2D eigenvalue weighted by Crippen LogP contribution is 2.33. The summed E-state index contributed by atoms with van der Waals surface area (Å²) in [6.07, 6.45) is 0. The molecule has 0 saturated carbocycles. The summed E-state index contributed by atoms with van der Waals surface area (Å²) in [6.45, 7) is 6.10. The second-order valence-electron chi connectivity index (χ2n) is 6.43. The lowest BCUT2D eigenvalue weighted by Gasteiger charge is -2.19. The molecule has 2 aromatic rings. The molecule has 1 aliphatic rings. The average Bonchev–Trinajstić information content (AvgIpc) is 2.71. The first-order valence-electron chi connectivity index (χ1n) is 7.09. The van der Waals surface area contributed by atoms with Crippen molar-refractivity contribution in [2.75, 3.05) is 0 Å². The van der Waals surface area contributed by atoms with E-state index in [0.717, 1.165) is 5.56 Å². The van der Waals surface area contributed by atoms with E-state index < -0.39 is 11.6 Å². The van der Waals surface area contributed by atoms with Crippen molar-refractivity contribution in [2.45, 2.75) is 26.2 Å². The van der Waals surface area contributed by atoms with Gasteiger partial charge in [-0.2, -0.15) is 4.74 Å². The summed E-state index contributed by atoms with van der Waals surface area (Å²) in [6, 6.07) is 11.0. The van der Waals surface area contributed by atoms with Crippen LogP contribution in [-0.4, -0.2) is 16.2 Å². The Morgan fingerprint density at radius 3 is 2.36 bits per heavy atom. The van der Waals surface area contributed by atoms with Crippen molar-refractivity contribution in [1.29, 1.82) is 0 Å². The number of carbonyl (C=O) groups excluding carboxylic acids is 1. The van der Waals surface area contributed by atoms with E-state index in [1.54, 1.807) is 18.2 Å². The van der Waals surface area contributed by atoms with Crippen molar-refractivity contribution in [3.63, 3.8) is 0 Å². The summed E-state index contributed by atoms with van der Waals surface area (Å²) < 4.78 is 14.5. The number of carbonyl (C=O) groups is 1. The van der Waals surface area contributed by atoms with Gasteiger partial charge in [-0.25, -0.2) is 4.39 Å². The van der Waals surface area contributed by atoms with Crippen molar-refractivity contribution in [3.8, 4) is 0 Å². The Labute approximate surface area is 128 Å². The molecule has 3 rings (SSSR count). The normalized spacial score (nSPS) is 14.5. The zero-order valence-electron chi connectivity index (χ0n) is 12.7. The van der Waals surface area contributed by atoms with Gasteiger partial charge >= 0.3 is 0 Å². The third kappa shape index (κ3) is 2.11. The van der Waals surface area contributed by atoms with Gasteiger partial charge in [-0.3, -0.25) is 4.79 Å². The summed E-state index contributed by atoms with van der Waals surface area (Å²) in [4.78, 5) is 12.6. The van der Waals surface area contributed by atoms with E-state index in [1.165, 1.54) is 18.2 Å². The lowest BCUT2D eigenvalue weighted by molar-refractivity contribution is -0.355. The number of rotatable bonds is 1. The fourth-order valence-corrected chi connectivity index (χ4v) is 2.59. The predicted molar refractivity (Wildman–Crippen MR) is 83.3 cm³/mol. The third-order valence-electron chi connectivity index (χ3n) is 3.87. The maximum absolute atomic E-state index is 13.9. The third-order valence-corrected chi connectivity index (χ3v) is 3.87. The molecule has 0 aliphatic carbocycles. The van der Waals surface area contributed by atoms with Crippen molar-refractivity contribution in [3.05, 3.63) is 70.2 Å². The molecule has 0 unspecified atom stereocenters. The second-order valence-corrected chi connectivity index (χ2v) is 6.43. The summed E-state index contributed by atoms with van der Waals surface area (Å²) in [5.74, 6) is -1.00. The molecule has 0 aromatic heterocycles. The number of hydrogen-bond acceptors (Lipinski definition) is 2. The monoisotopic (exact) mass is 297 g/mol. The summed E-state index contributed by atoms with van der Waals surface area (Å²) in [7, 11) is 0. The fourth-order valence-electron chi connectivity index (χ4n) is 2.59. The molecular weight excluding hydrogens is 281 g/mol. The van der Waals surface area contributed by atoms with E-state index in [1.807, 2.05) is 26.8 Å². The minimum Gasteiger partial charge on any atom is -0.618 e. The van der Waals surface area contributed by atoms with Crippen LogP contribution in [0.15, 0.2) is 42.5 Å². The maximum atomic E-state index is 13.9. The van der Waals surface area contributed by atoms with Gasteiger partial charge in [0.05, 0.1) is 5.56 Å². The highest BCUT2D eigenvalue weighted by molar-refractivity contribution is 6.52. The zero-order chi connectivity index (χ0) is 16.1. The van der Waals surface area contributed by atoms with Crippen molar-refractivity contribution < 1.29 is 13.9 Å². The Morgan fingerprint density at radius 2 is 1.73 bits per heavy atom. The molecule has 0 N–H and O–H groups in total. The van der Waals surface area contributed by atoms with E-state index in [-0.39, 0.29) is 22.4 Å². The Bertz CT molecular complexity index is 816. The molecular formula is C18H16FNO2. The van der Waals surface area contributed by atoms with Crippen LogP contribution in [-0.2, 0) is 5.41 Å². The van der Waals surface area contributed by atoms with Crippen LogP contribution in [0.4, 0.5) is 10.1 Å². The van der Waals surface area contributed by atoms with E-state index in [9.17, 15) is 14.4 Å². The molecule has 0 radical (unpaired) electrons. The smallest absolute Gasteiger partial charge is 0.275 e. The molecule has 1 aliphatic heterocycles. The quantitative estimate of drug-likeness (QED) is 0.591. The van der Waals surface area contributed by atoms with E-state index in [2.05, 4.69) is 0 Å². The first-order valence-corrected chi connectivity index (χ1v) is 7.09. The van der Waals surface area contributed by atoms with E-state index in [0.29, 0.717) is 10.3 Å². The minimum absolute atomic E-state index is 0.0380. The lowest BCUT2D eigenvalue weighted by Crippen LogP contribution is -2.18. The van der Waals surface area contributed by atoms with Gasteiger partial charge in [0, 0.05) is 6.07 Å². The molecule has 0 spiro atoms. The number of fused-ring (bicyclic) bond motifs is 1. The summed E-state index contributed by atoms with van der Waals surface area (Å²) in [5, 5.41) is 12.4. The largest absolute Gasteiger partial charge is 0.618 e. The number of Topliss-reactive ketones (excluding diaryl/α,β-unsaturated/α-hetero) is 1. The van der Waals surface area contributed by atoms with Gasteiger partial charge in [0.25, 0.3) is 11.5 Å². The molecule has 0 atom stereocenters. The van der Waals surface area contributed by atoms with Crippen LogP contribution >= 0.6 is 0 Å². The molecule has 4 heteroatoms. The summed E-state index contributed by atoms with van der Waals surface area (Å²) in [5.41, 5.74) is 1.32. The van der Waals surface area contributed by atoms with Gasteiger partial charge in [0.15, 0.2) is 0 Å². The van der Waals surface area contributed by atoms with Gasteiger partial charge in [0.2, 0.25) is 5.69 Å². The lowest BCUT2D eigenvalue weighted by atomic mass is 9.85. The van der Waals surface area contributed by atoms with Crippen LogP contribution < -0.4 is 0 Å². The molecule has 3 nitrogen and oxygen atoms in total. The number of nitrogens with zero attached hydrogens (tertiary/aromatic N) is 1. The molecule has 0 amide bonds. The standard InChI is InChI=1S/C18H16FNO2/c1-18(2,3)11-8-9-15-13(10-11)17(21)16(20(15)22)12-6-4-5-7-14(12)19/h4-10H,1-3H3. The topological polar surface area (TPSA) is 43.1 Å². The highest BCUT2D eigenvalue weighted by atomic mass is 19.1. The predicted octanol–water partition coefficient (Wildman–Crippen LogP) is 3.95. The highest BCUT2D eigenvalue weighted by Gasteiger charge is 2.38. The van der Waals surface area contributed by atoms with Crippen LogP contribution in [0, 0.1) is 11.0 Å². The van der Waals surface area contributed by atoms with Crippen molar-refractivity contribution in [1.82, 2.24) is 0 Å². The Hall–Kier alpha value is -2.49. The molecule has 0 bridgehead atoms. The maximum Gasteiger partial charge on any atom is 0.275 e. The Morgan fingerprint density at radius 1 is 1.05 bits per heavy atom. The van der Waals surface area contributed by atoms with Crippen LogP contribution in [0.1, 0.15) is 42.3 Å². The van der Waals surface area contributed by atoms with Gasteiger partial charge < -0.3 is 5.21 Å². The number of halogens is 1. The van der Waals surface area contributed by atoms with E-state index >= 15 is 0 Å². The van der Waals surface area contributed by atoms with Gasteiger partial charge in [-0.15, -0.1) is 0 Å². The second kappa shape index (κ2) is 4.77. The van der Waals surface area contributed by atoms with Gasteiger partial charge in [-0.05, 0) is 29.2 Å². The molecule has 1 heterocycles. The first-order chi connectivity index (χ1) is 10.3. The minimum atomic E-state index is -0.574. The van der Waals surface area contributed by atoms with Crippen LogP contribution in [0.5, 0.6) is 0 Å². The van der Waals surface area contributed by atoms with Crippen molar-refractivity contribution in [2.24, 2.45) is 0 Å². The van der Waals surface area contributed by atoms with Gasteiger partial charge in [-0.1, -0.05) is 39.0 Å². The van der Waals surface area contributed by atoms with Gasteiger partial charge in [0.1, 0.15) is 11.4 Å². The zero-order valence-corrected chi connectivity index (χ0v) is 12.7. The SMILES string of the molecule is CC(C)(C)c1ccc2c(c1)C(=O)C(c1ccccc1F)=[N+]2[O-]. The van der Waals surface area contributed by atoms with Crippen LogP contribution in [0.3, 0.4) is 0 Å². The average molecular weight is 297 g/mol. The van der Waals surface area contributed by atoms with Crippen LogP contribution in [0.2, 0.25) is 0 Å². The molecule has 22 heavy (non-hydrogen) atoms. The van der Waals surface area contributed by atoms with E-state index in [4.69, 9.17) is 0 Å². The Kier molecular flexibility index (Phi) is 3.13. The van der Waals surface area contributed by atoms with Crippen molar-refractivity contribution >= 4 is 17.2 Å². The molecule has 2 aromatic carbocycles. The molecule has 0 fully saturated rings. The molecule has 0 saturated heterocycles. The van der Waals surface area contributed by atoms with Crippen LogP contribution in [0.25, 0.3) is 0 Å². The summed E-state index contributed by atoms with van der Waals surface area (Å²) >= 11 is 0. The fraction of sp³-hybridized carbons (Fsp3) is 0.222. The first kappa shape index (κ1) is 14.4.